The van der Waals surface area contributed by atoms with E-state index < -0.39 is 0 Å². The summed E-state index contributed by atoms with van der Waals surface area (Å²) >= 11 is 0. The molecule has 4 aromatic carbocycles. The van der Waals surface area contributed by atoms with E-state index in [0.717, 1.165) is 55.0 Å². The molecule has 0 spiro atoms. The third-order valence-electron chi connectivity index (χ3n) is 7.48. The molecular weight excluding hydrogens is 536 g/mol. The normalized spacial score (nSPS) is 11.2. The van der Waals surface area contributed by atoms with Crippen molar-refractivity contribution in [1.82, 2.24) is 20.6 Å². The summed E-state index contributed by atoms with van der Waals surface area (Å²) in [5.41, 5.74) is 5.68. The number of anilines is 2. The van der Waals surface area contributed by atoms with Gasteiger partial charge < -0.3 is 21.3 Å². The maximum Gasteiger partial charge on any atom is 0.221 e. The highest BCUT2D eigenvalue weighted by atomic mass is 16.2. The number of nitrogens with one attached hydrogen (secondary N) is 4. The molecule has 0 aliphatic carbocycles. The monoisotopic (exact) mass is 570 g/mol. The molecule has 216 valence electrons. The first-order valence-electron chi connectivity index (χ1n) is 14.7. The lowest BCUT2D eigenvalue weighted by Gasteiger charge is -2.13. The summed E-state index contributed by atoms with van der Waals surface area (Å²) < 4.78 is 0. The molecule has 0 aliphatic rings. The largest absolute Gasteiger partial charge is 0.383 e. The third kappa shape index (κ3) is 6.48. The molecule has 0 bridgehead atoms. The van der Waals surface area contributed by atoms with Gasteiger partial charge in [0.25, 0.3) is 0 Å². The molecular formula is C35H34N6O2. The Bertz CT molecular complexity index is 1680. The van der Waals surface area contributed by atoms with Crippen molar-refractivity contribution in [2.24, 2.45) is 0 Å². The van der Waals surface area contributed by atoms with Crippen molar-refractivity contribution in [3.8, 4) is 0 Å². The molecule has 6 rings (SSSR count). The molecule has 0 atom stereocenters. The van der Waals surface area contributed by atoms with E-state index in [1.165, 1.54) is 0 Å². The van der Waals surface area contributed by atoms with E-state index in [1.807, 2.05) is 97.1 Å². The zero-order valence-electron chi connectivity index (χ0n) is 23.9. The second-order valence-electron chi connectivity index (χ2n) is 10.4. The molecule has 0 saturated carbocycles. The van der Waals surface area contributed by atoms with E-state index in [-0.39, 0.29) is 11.8 Å². The van der Waals surface area contributed by atoms with Crippen molar-refractivity contribution in [1.29, 1.82) is 0 Å². The van der Waals surface area contributed by atoms with E-state index in [0.29, 0.717) is 45.4 Å². The molecule has 0 saturated heterocycles. The minimum absolute atomic E-state index is 0.0255. The summed E-state index contributed by atoms with van der Waals surface area (Å²) in [5.74, 6) is -0.0509. The first-order valence-corrected chi connectivity index (χ1v) is 14.7. The fraction of sp³-hybridized carbons (Fsp3) is 0.200. The number of carbonyl (C=O) groups is 2. The van der Waals surface area contributed by atoms with E-state index in [4.69, 9.17) is 9.97 Å². The van der Waals surface area contributed by atoms with E-state index >= 15 is 0 Å². The van der Waals surface area contributed by atoms with E-state index in [9.17, 15) is 9.59 Å². The molecule has 2 amide bonds. The van der Waals surface area contributed by atoms with E-state index in [2.05, 4.69) is 21.3 Å². The number of hydrogen-bond acceptors (Lipinski definition) is 6. The maximum absolute atomic E-state index is 12.5. The lowest BCUT2D eigenvalue weighted by molar-refractivity contribution is -0.121. The Hall–Kier alpha value is -5.24. The van der Waals surface area contributed by atoms with Crippen molar-refractivity contribution in [3.63, 3.8) is 0 Å². The van der Waals surface area contributed by atoms with Gasteiger partial charge in [-0.25, -0.2) is 9.97 Å². The number of benzene rings is 4. The Morgan fingerprint density at radius 1 is 0.465 bits per heavy atom. The van der Waals surface area contributed by atoms with Crippen LogP contribution in [0.3, 0.4) is 0 Å². The van der Waals surface area contributed by atoms with Crippen LogP contribution in [0.5, 0.6) is 0 Å². The maximum atomic E-state index is 12.5. The van der Waals surface area contributed by atoms with Crippen LogP contribution in [0.25, 0.3) is 43.6 Å². The molecule has 4 N–H and O–H groups in total. The van der Waals surface area contributed by atoms with Gasteiger partial charge in [-0.1, -0.05) is 72.8 Å². The Kier molecular flexibility index (Phi) is 8.54. The van der Waals surface area contributed by atoms with Gasteiger partial charge in [-0.15, -0.1) is 0 Å². The molecule has 43 heavy (non-hydrogen) atoms. The smallest absolute Gasteiger partial charge is 0.221 e. The number of pyridine rings is 2. The van der Waals surface area contributed by atoms with Crippen LogP contribution in [0.1, 0.15) is 19.3 Å². The first-order chi connectivity index (χ1) is 21.2. The van der Waals surface area contributed by atoms with Crippen LogP contribution in [-0.4, -0.2) is 48.0 Å². The second-order valence-corrected chi connectivity index (χ2v) is 10.4. The summed E-state index contributed by atoms with van der Waals surface area (Å²) in [6, 6.07) is 32.1. The fourth-order valence-electron chi connectivity index (χ4n) is 5.38. The van der Waals surface area contributed by atoms with Gasteiger partial charge in [0.05, 0.1) is 33.4 Å². The highest BCUT2D eigenvalue weighted by molar-refractivity contribution is 6.08. The molecule has 0 radical (unpaired) electrons. The number of aromatic nitrogens is 2. The predicted molar refractivity (Wildman–Crippen MR) is 175 cm³/mol. The Labute approximate surface area is 249 Å². The minimum Gasteiger partial charge on any atom is -0.383 e. The highest BCUT2D eigenvalue weighted by Crippen LogP contribution is 2.31. The summed E-state index contributed by atoms with van der Waals surface area (Å²) in [6.45, 7) is 2.03. The van der Waals surface area contributed by atoms with Gasteiger partial charge in [0.1, 0.15) is 0 Å². The Morgan fingerprint density at radius 2 is 0.791 bits per heavy atom. The number of rotatable bonds is 12. The lowest BCUT2D eigenvalue weighted by Crippen LogP contribution is -2.31. The topological polar surface area (TPSA) is 108 Å². The molecule has 2 heterocycles. The van der Waals surface area contributed by atoms with Gasteiger partial charge in [-0.05, 0) is 30.7 Å². The minimum atomic E-state index is -0.0255. The number of hydrogen-bond donors (Lipinski definition) is 4. The average molecular weight is 571 g/mol. The van der Waals surface area contributed by atoms with Crippen molar-refractivity contribution < 1.29 is 9.59 Å². The molecule has 8 nitrogen and oxygen atoms in total. The predicted octanol–water partition coefficient (Wildman–Crippen LogP) is 6.02. The molecule has 0 unspecified atom stereocenters. The number of fused-ring (bicyclic) bond motifs is 4. The molecule has 6 aromatic rings. The quantitative estimate of drug-likeness (QED) is 0.106. The summed E-state index contributed by atoms with van der Waals surface area (Å²) in [5, 5.41) is 17.0. The summed E-state index contributed by atoms with van der Waals surface area (Å²) in [6.07, 6.45) is 1.36. The first kappa shape index (κ1) is 27.9. The van der Waals surface area contributed by atoms with Crippen LogP contribution < -0.4 is 21.3 Å². The van der Waals surface area contributed by atoms with Crippen LogP contribution >= 0.6 is 0 Å². The molecule has 0 fully saturated rings. The molecule has 8 heteroatoms. The van der Waals surface area contributed by atoms with Gasteiger partial charge in [0, 0.05) is 60.6 Å². The Balaban J connectivity index is 0.917. The zero-order valence-corrected chi connectivity index (χ0v) is 23.9. The standard InChI is InChI=1S/C35H34N6O2/c42-32(18-22-38-34-24-10-1-5-14-28(24)40-29-15-6-2-11-25(29)34)36-20-9-21-37-33(43)19-23-39-35-26-12-3-7-16-30(26)41-31-17-8-4-13-27(31)35/h1-8,10-17H,9,18-23H2,(H,36,42)(H,37,43)(H,38,40)(H,39,41). The van der Waals surface area contributed by atoms with Gasteiger partial charge >= 0.3 is 0 Å². The van der Waals surface area contributed by atoms with Crippen molar-refractivity contribution >= 4 is 66.8 Å². The van der Waals surface area contributed by atoms with Crippen molar-refractivity contribution in [2.75, 3.05) is 36.8 Å². The van der Waals surface area contributed by atoms with Crippen LogP contribution in [0.15, 0.2) is 97.1 Å². The highest BCUT2D eigenvalue weighted by Gasteiger charge is 2.11. The van der Waals surface area contributed by atoms with Crippen molar-refractivity contribution in [2.45, 2.75) is 19.3 Å². The summed E-state index contributed by atoms with van der Waals surface area (Å²) in [4.78, 5) is 34.4. The number of amides is 2. The van der Waals surface area contributed by atoms with Crippen LogP contribution in [0, 0.1) is 0 Å². The lowest BCUT2D eigenvalue weighted by atomic mass is 10.1. The SMILES string of the molecule is O=C(CCNc1c2ccccc2nc2ccccc12)NCCCNC(=O)CCNc1c2ccccc2nc2ccccc12. The molecule has 2 aromatic heterocycles. The zero-order chi connectivity index (χ0) is 29.4. The molecule has 0 aliphatic heterocycles. The van der Waals surface area contributed by atoms with Gasteiger partial charge in [0.15, 0.2) is 0 Å². The van der Waals surface area contributed by atoms with Crippen LogP contribution in [-0.2, 0) is 9.59 Å². The fourth-order valence-corrected chi connectivity index (χ4v) is 5.38. The second kappa shape index (κ2) is 13.2. The van der Waals surface area contributed by atoms with Crippen LogP contribution in [0.4, 0.5) is 11.4 Å². The van der Waals surface area contributed by atoms with Gasteiger partial charge in [-0.2, -0.15) is 0 Å². The number of nitrogens with zero attached hydrogens (tertiary/aromatic N) is 2. The van der Waals surface area contributed by atoms with E-state index in [1.54, 1.807) is 0 Å². The number of carbonyl (C=O) groups excluding carboxylic acids is 2. The Morgan fingerprint density at radius 3 is 1.14 bits per heavy atom. The number of para-hydroxylation sites is 4. The van der Waals surface area contributed by atoms with Crippen LogP contribution in [0.2, 0.25) is 0 Å². The van der Waals surface area contributed by atoms with Gasteiger partial charge in [-0.3, -0.25) is 9.59 Å². The third-order valence-corrected chi connectivity index (χ3v) is 7.48. The van der Waals surface area contributed by atoms with Gasteiger partial charge in [0.2, 0.25) is 11.8 Å². The summed E-state index contributed by atoms with van der Waals surface area (Å²) in [7, 11) is 0. The van der Waals surface area contributed by atoms with Crippen molar-refractivity contribution in [3.05, 3.63) is 97.1 Å². The average Bonchev–Trinajstić information content (AvgIpc) is 3.04.